The van der Waals surface area contributed by atoms with Gasteiger partial charge < -0.3 is 5.32 Å². The molecule has 3 aromatic rings. The van der Waals surface area contributed by atoms with Crippen LogP contribution in [0.5, 0.6) is 0 Å². The summed E-state index contributed by atoms with van der Waals surface area (Å²) in [5, 5.41) is 2.39. The van der Waals surface area contributed by atoms with Crippen molar-refractivity contribution in [2.75, 3.05) is 11.9 Å². The summed E-state index contributed by atoms with van der Waals surface area (Å²) < 4.78 is 0. The van der Waals surface area contributed by atoms with Crippen molar-refractivity contribution in [1.29, 1.82) is 0 Å². The van der Waals surface area contributed by atoms with Gasteiger partial charge >= 0.3 is 0 Å². The lowest BCUT2D eigenvalue weighted by Crippen LogP contribution is -2.31. The molecule has 1 aliphatic heterocycles. The first-order valence-corrected chi connectivity index (χ1v) is 9.73. The van der Waals surface area contributed by atoms with Gasteiger partial charge in [-0.05, 0) is 41.6 Å². The Hall–Kier alpha value is -3.52. The monoisotopic (exact) mass is 404 g/mol. The molecule has 1 aromatic heterocycles. The van der Waals surface area contributed by atoms with E-state index in [2.05, 4.69) is 15.3 Å². The second-order valence-electron chi connectivity index (χ2n) is 6.30. The lowest BCUT2D eigenvalue weighted by atomic mass is 10.2. The molecule has 8 heteroatoms. The van der Waals surface area contributed by atoms with Crippen molar-refractivity contribution in [3.8, 4) is 0 Å². The fourth-order valence-corrected chi connectivity index (χ4v) is 3.74. The van der Waals surface area contributed by atoms with E-state index in [4.69, 9.17) is 0 Å². The van der Waals surface area contributed by atoms with E-state index >= 15 is 0 Å². The molecule has 3 amide bonds. The average molecular weight is 404 g/mol. The minimum Gasteiger partial charge on any atom is -0.326 e. The van der Waals surface area contributed by atoms with Gasteiger partial charge in [-0.2, -0.15) is 0 Å². The quantitative estimate of drug-likeness (QED) is 0.652. The van der Waals surface area contributed by atoms with Crippen LogP contribution in [0.2, 0.25) is 0 Å². The molecular formula is C21H16N4O3S. The third-order valence-electron chi connectivity index (χ3n) is 4.29. The SMILES string of the molecule is O=C(CCN1C(=O)SC(=Cc2ccccc2)C1=O)Nc1ccc2nccnc2c1. The van der Waals surface area contributed by atoms with Crippen molar-refractivity contribution >= 4 is 51.6 Å². The van der Waals surface area contributed by atoms with Gasteiger partial charge in [0.15, 0.2) is 0 Å². The number of anilines is 1. The number of benzene rings is 2. The van der Waals surface area contributed by atoms with Gasteiger partial charge in [-0.3, -0.25) is 29.3 Å². The number of aromatic nitrogens is 2. The van der Waals surface area contributed by atoms with Crippen LogP contribution in [0.4, 0.5) is 10.5 Å². The second-order valence-corrected chi connectivity index (χ2v) is 7.30. The fraction of sp³-hybridized carbons (Fsp3) is 0.0952. The number of carbonyl (C=O) groups is 3. The van der Waals surface area contributed by atoms with E-state index < -0.39 is 0 Å². The van der Waals surface area contributed by atoms with Gasteiger partial charge in [0.2, 0.25) is 5.91 Å². The van der Waals surface area contributed by atoms with Crippen LogP contribution in [-0.2, 0) is 9.59 Å². The van der Waals surface area contributed by atoms with Gasteiger partial charge in [0.25, 0.3) is 11.1 Å². The number of nitrogens with one attached hydrogen (secondary N) is 1. The zero-order valence-corrected chi connectivity index (χ0v) is 16.1. The third kappa shape index (κ3) is 4.33. The van der Waals surface area contributed by atoms with Gasteiger partial charge in [0.1, 0.15) is 0 Å². The van der Waals surface area contributed by atoms with Crippen molar-refractivity contribution in [1.82, 2.24) is 14.9 Å². The largest absolute Gasteiger partial charge is 0.326 e. The lowest BCUT2D eigenvalue weighted by molar-refractivity contribution is -0.123. The maximum absolute atomic E-state index is 12.5. The Kier molecular flexibility index (Phi) is 5.35. The Labute approximate surface area is 170 Å². The maximum atomic E-state index is 12.5. The zero-order valence-electron chi connectivity index (χ0n) is 15.2. The molecule has 144 valence electrons. The molecule has 7 nitrogen and oxygen atoms in total. The number of carbonyl (C=O) groups excluding carboxylic acids is 3. The van der Waals surface area contributed by atoms with Crippen LogP contribution in [0.1, 0.15) is 12.0 Å². The molecule has 0 spiro atoms. The van der Waals surface area contributed by atoms with E-state index in [1.807, 2.05) is 30.3 Å². The van der Waals surface area contributed by atoms with E-state index in [-0.39, 0.29) is 30.0 Å². The highest BCUT2D eigenvalue weighted by molar-refractivity contribution is 8.18. The van der Waals surface area contributed by atoms with Crippen LogP contribution >= 0.6 is 11.8 Å². The summed E-state index contributed by atoms with van der Waals surface area (Å²) in [6.45, 7) is 0.0238. The summed E-state index contributed by atoms with van der Waals surface area (Å²) in [4.78, 5) is 46.8. The molecule has 1 fully saturated rings. The minimum atomic E-state index is -0.377. The molecule has 29 heavy (non-hydrogen) atoms. The average Bonchev–Trinajstić information content (AvgIpc) is 2.99. The molecule has 0 radical (unpaired) electrons. The molecule has 2 aromatic carbocycles. The first-order valence-electron chi connectivity index (χ1n) is 8.91. The molecule has 0 saturated carbocycles. The van der Waals surface area contributed by atoms with Crippen LogP contribution in [-0.4, -0.2) is 38.5 Å². The van der Waals surface area contributed by atoms with Crippen LogP contribution in [0, 0.1) is 0 Å². The molecule has 4 rings (SSSR count). The summed E-state index contributed by atoms with van der Waals surface area (Å²) >= 11 is 0.885. The van der Waals surface area contributed by atoms with Crippen molar-refractivity contribution in [3.63, 3.8) is 0 Å². The fourth-order valence-electron chi connectivity index (χ4n) is 2.87. The minimum absolute atomic E-state index is 0.00909. The number of imide groups is 1. The van der Waals surface area contributed by atoms with Crippen molar-refractivity contribution in [3.05, 3.63) is 71.4 Å². The van der Waals surface area contributed by atoms with Crippen LogP contribution in [0.3, 0.4) is 0 Å². The van der Waals surface area contributed by atoms with Gasteiger partial charge in [0, 0.05) is 31.0 Å². The third-order valence-corrected chi connectivity index (χ3v) is 5.19. The zero-order chi connectivity index (χ0) is 20.2. The van der Waals surface area contributed by atoms with E-state index in [1.54, 1.807) is 36.7 Å². The topological polar surface area (TPSA) is 92.3 Å². The van der Waals surface area contributed by atoms with Crippen LogP contribution in [0.15, 0.2) is 65.8 Å². The number of hydrogen-bond donors (Lipinski definition) is 1. The number of hydrogen-bond acceptors (Lipinski definition) is 6. The Morgan fingerprint density at radius 2 is 1.79 bits per heavy atom. The summed E-state index contributed by atoms with van der Waals surface area (Å²) in [7, 11) is 0. The highest BCUT2D eigenvalue weighted by Crippen LogP contribution is 2.32. The first-order chi connectivity index (χ1) is 14.1. The van der Waals surface area contributed by atoms with E-state index in [9.17, 15) is 14.4 Å². The van der Waals surface area contributed by atoms with E-state index in [0.29, 0.717) is 16.1 Å². The predicted octanol–water partition coefficient (Wildman–Crippen LogP) is 3.69. The van der Waals surface area contributed by atoms with Crippen LogP contribution < -0.4 is 5.32 Å². The Balaban J connectivity index is 1.37. The first kappa shape index (κ1) is 18.8. The molecule has 1 N–H and O–H groups in total. The lowest BCUT2D eigenvalue weighted by Gasteiger charge is -2.12. The summed E-state index contributed by atoms with van der Waals surface area (Å²) in [5.41, 5.74) is 2.83. The molecule has 1 saturated heterocycles. The van der Waals surface area contributed by atoms with Gasteiger partial charge in [-0.15, -0.1) is 0 Å². The van der Waals surface area contributed by atoms with Gasteiger partial charge in [-0.25, -0.2) is 0 Å². The van der Waals surface area contributed by atoms with Crippen molar-refractivity contribution in [2.45, 2.75) is 6.42 Å². The normalized spacial score (nSPS) is 15.3. The van der Waals surface area contributed by atoms with Gasteiger partial charge in [-0.1, -0.05) is 30.3 Å². The highest BCUT2D eigenvalue weighted by atomic mass is 32.2. The van der Waals surface area contributed by atoms with E-state index in [1.165, 1.54) is 0 Å². The van der Waals surface area contributed by atoms with E-state index in [0.717, 1.165) is 27.7 Å². The second kappa shape index (κ2) is 8.24. The molecule has 0 bridgehead atoms. The molecular weight excluding hydrogens is 388 g/mol. The molecule has 0 atom stereocenters. The molecule has 2 heterocycles. The smallest absolute Gasteiger partial charge is 0.293 e. The Morgan fingerprint density at radius 3 is 2.59 bits per heavy atom. The number of rotatable bonds is 5. The standard InChI is InChI=1S/C21H16N4O3S/c26-19(24-15-6-7-16-17(13-15)23-10-9-22-16)8-11-25-20(27)18(29-21(25)28)12-14-4-2-1-3-5-14/h1-7,9-10,12-13H,8,11H2,(H,24,26). The molecule has 1 aliphatic rings. The van der Waals surface area contributed by atoms with Crippen LogP contribution in [0.25, 0.3) is 17.1 Å². The maximum Gasteiger partial charge on any atom is 0.293 e. The summed E-state index contributed by atoms with van der Waals surface area (Å²) in [6.07, 6.45) is 4.87. The number of fused-ring (bicyclic) bond motifs is 1. The highest BCUT2D eigenvalue weighted by Gasteiger charge is 2.34. The van der Waals surface area contributed by atoms with Gasteiger partial charge in [0.05, 0.1) is 15.9 Å². The predicted molar refractivity (Wildman–Crippen MR) is 112 cm³/mol. The summed E-state index contributed by atoms with van der Waals surface area (Å²) in [6, 6.07) is 14.5. The Bertz CT molecular complexity index is 1130. The van der Waals surface area contributed by atoms with Crippen molar-refractivity contribution < 1.29 is 14.4 Å². The number of amides is 3. The number of nitrogens with zero attached hydrogens (tertiary/aromatic N) is 3. The molecule has 0 aliphatic carbocycles. The molecule has 0 unspecified atom stereocenters. The van der Waals surface area contributed by atoms with Crippen molar-refractivity contribution in [2.24, 2.45) is 0 Å². The number of thioether (sulfide) groups is 1. The summed E-state index contributed by atoms with van der Waals surface area (Å²) in [5.74, 6) is -0.669. The Morgan fingerprint density at radius 1 is 1.03 bits per heavy atom.